The van der Waals surface area contributed by atoms with Crippen molar-refractivity contribution in [2.45, 2.75) is 65.2 Å². The average Bonchev–Trinajstić information content (AvgIpc) is 2.92. The molecule has 0 aromatic heterocycles. The maximum absolute atomic E-state index is 13.1. The van der Waals surface area contributed by atoms with Crippen LogP contribution in [0, 0.1) is 34.5 Å². The van der Waals surface area contributed by atoms with E-state index in [4.69, 9.17) is 10.6 Å². The third kappa shape index (κ3) is 2.57. The molecule has 4 rings (SSSR count). The van der Waals surface area contributed by atoms with Crippen LogP contribution in [-0.2, 0) is 14.4 Å². The van der Waals surface area contributed by atoms with Gasteiger partial charge in [0.05, 0.1) is 5.71 Å². The third-order valence-corrected chi connectivity index (χ3v) is 8.41. The second-order valence-electron chi connectivity index (χ2n) is 9.51. The lowest BCUT2D eigenvalue weighted by Gasteiger charge is -2.58. The van der Waals surface area contributed by atoms with Crippen molar-refractivity contribution < 1.29 is 14.4 Å². The minimum absolute atomic E-state index is 0.0554. The smallest absolute Gasteiger partial charge is 0.139 e. The van der Waals surface area contributed by atoms with Crippen LogP contribution in [0.5, 0.6) is 0 Å². The molecule has 0 heterocycles. The minimum Gasteiger partial charge on any atom is -0.395 e. The topological polar surface area (TPSA) is 81.8 Å². The van der Waals surface area contributed by atoms with Gasteiger partial charge < -0.3 is 10.6 Å². The summed E-state index contributed by atoms with van der Waals surface area (Å²) in [5.41, 5.74) is 6.37. The van der Waals surface area contributed by atoms with Crippen LogP contribution in [0.15, 0.2) is 5.16 Å². The fourth-order valence-corrected chi connectivity index (χ4v) is 6.89. The van der Waals surface area contributed by atoms with Crippen LogP contribution >= 0.6 is 0 Å². The zero-order valence-electron chi connectivity index (χ0n) is 16.1. The molecule has 26 heavy (non-hydrogen) atoms. The van der Waals surface area contributed by atoms with E-state index in [-0.39, 0.29) is 16.7 Å². The van der Waals surface area contributed by atoms with Crippen LogP contribution in [0.4, 0.5) is 0 Å². The Balaban J connectivity index is 1.57. The Morgan fingerprint density at radius 2 is 1.92 bits per heavy atom. The van der Waals surface area contributed by atoms with Crippen LogP contribution < -0.4 is 5.73 Å². The first-order chi connectivity index (χ1) is 12.4. The first-order valence-electron chi connectivity index (χ1n) is 10.3. The number of hydrogen-bond acceptors (Lipinski definition) is 5. The van der Waals surface area contributed by atoms with Crippen molar-refractivity contribution in [3.63, 3.8) is 0 Å². The van der Waals surface area contributed by atoms with E-state index in [9.17, 15) is 9.59 Å². The van der Waals surface area contributed by atoms with Gasteiger partial charge in [-0.05, 0) is 61.7 Å². The quantitative estimate of drug-likeness (QED) is 0.619. The summed E-state index contributed by atoms with van der Waals surface area (Å²) < 4.78 is 0. The molecule has 0 amide bonds. The minimum atomic E-state index is -0.165. The molecular formula is C21H32N2O3. The molecule has 4 aliphatic rings. The summed E-state index contributed by atoms with van der Waals surface area (Å²) in [6, 6.07) is 0. The number of fused-ring (bicyclic) bond motifs is 5. The lowest BCUT2D eigenvalue weighted by atomic mass is 9.45. The van der Waals surface area contributed by atoms with Gasteiger partial charge in [-0.1, -0.05) is 19.0 Å². The highest BCUT2D eigenvalue weighted by atomic mass is 16.6. The van der Waals surface area contributed by atoms with E-state index in [1.54, 1.807) is 0 Å². The van der Waals surface area contributed by atoms with Gasteiger partial charge in [-0.25, -0.2) is 0 Å². The average molecular weight is 360 g/mol. The van der Waals surface area contributed by atoms with E-state index in [1.165, 1.54) is 0 Å². The number of carbonyl (C=O) groups excluding carboxylic acids is 2. The van der Waals surface area contributed by atoms with Crippen molar-refractivity contribution in [3.05, 3.63) is 0 Å². The molecule has 5 nitrogen and oxygen atoms in total. The number of carbonyl (C=O) groups is 2. The standard InChI is InChI=1S/C21H32N2O3/c1-20-7-5-13(23-26-10-9-22)11-17(20)18(24)12-14-15-3-4-19(25)21(15,2)8-6-16(14)20/h14-17H,3-12,22H2,1-2H3/b23-13+/t14-,15-,16-,17-,20+,21-/m0/s1. The van der Waals surface area contributed by atoms with Crippen molar-refractivity contribution in [1.29, 1.82) is 0 Å². The number of nitrogens with two attached hydrogens (primary N) is 1. The number of ketones is 2. The monoisotopic (exact) mass is 360 g/mol. The van der Waals surface area contributed by atoms with Gasteiger partial charge in [0.2, 0.25) is 0 Å². The zero-order valence-corrected chi connectivity index (χ0v) is 16.1. The van der Waals surface area contributed by atoms with E-state index in [0.29, 0.717) is 55.3 Å². The molecule has 144 valence electrons. The Morgan fingerprint density at radius 3 is 2.69 bits per heavy atom. The summed E-state index contributed by atoms with van der Waals surface area (Å²) in [5, 5.41) is 4.25. The normalized spacial score (nSPS) is 46.7. The molecule has 0 aromatic rings. The van der Waals surface area contributed by atoms with Gasteiger partial charge in [-0.2, -0.15) is 0 Å². The van der Waals surface area contributed by atoms with E-state index in [0.717, 1.165) is 44.2 Å². The van der Waals surface area contributed by atoms with Gasteiger partial charge in [-0.15, -0.1) is 0 Å². The molecule has 4 saturated carbocycles. The Hall–Kier alpha value is -1.23. The summed E-state index contributed by atoms with van der Waals surface area (Å²) in [5.74, 6) is 2.29. The molecular weight excluding hydrogens is 328 g/mol. The zero-order chi connectivity index (χ0) is 18.5. The SMILES string of the molecule is C[C@]12CC/C(=N\OCCN)C[C@H]1C(=O)C[C@@H]1[C@@H]2CC[C@]2(C)C(=O)CC[C@@H]12. The number of rotatable bonds is 3. The van der Waals surface area contributed by atoms with E-state index < -0.39 is 0 Å². The van der Waals surface area contributed by atoms with Crippen LogP contribution in [0.2, 0.25) is 0 Å². The summed E-state index contributed by atoms with van der Waals surface area (Å²) in [6.07, 6.45) is 7.13. The fourth-order valence-electron chi connectivity index (χ4n) is 6.89. The van der Waals surface area contributed by atoms with Crippen molar-refractivity contribution in [3.8, 4) is 0 Å². The second kappa shape index (κ2) is 6.43. The van der Waals surface area contributed by atoms with Crippen molar-refractivity contribution in [2.75, 3.05) is 13.2 Å². The van der Waals surface area contributed by atoms with Crippen LogP contribution in [0.25, 0.3) is 0 Å². The van der Waals surface area contributed by atoms with Gasteiger partial charge in [0.1, 0.15) is 18.2 Å². The van der Waals surface area contributed by atoms with Gasteiger partial charge in [-0.3, -0.25) is 9.59 Å². The molecule has 4 fully saturated rings. The highest BCUT2D eigenvalue weighted by Gasteiger charge is 2.62. The Labute approximate surface area is 156 Å². The molecule has 0 spiro atoms. The van der Waals surface area contributed by atoms with E-state index in [2.05, 4.69) is 19.0 Å². The highest BCUT2D eigenvalue weighted by molar-refractivity contribution is 5.93. The molecule has 4 aliphatic carbocycles. The van der Waals surface area contributed by atoms with Gasteiger partial charge in [0, 0.05) is 30.7 Å². The molecule has 6 atom stereocenters. The highest BCUT2D eigenvalue weighted by Crippen LogP contribution is 2.64. The molecule has 5 heteroatoms. The van der Waals surface area contributed by atoms with Gasteiger partial charge in [0.25, 0.3) is 0 Å². The van der Waals surface area contributed by atoms with Crippen LogP contribution in [0.1, 0.15) is 65.2 Å². The van der Waals surface area contributed by atoms with E-state index >= 15 is 0 Å². The predicted molar refractivity (Wildman–Crippen MR) is 99.6 cm³/mol. The molecule has 2 N–H and O–H groups in total. The molecule has 0 aliphatic heterocycles. The number of Topliss-reactive ketones (excluding diaryl/α,β-unsaturated/α-hetero) is 2. The Bertz CT molecular complexity index is 645. The van der Waals surface area contributed by atoms with Gasteiger partial charge in [0.15, 0.2) is 0 Å². The van der Waals surface area contributed by atoms with Gasteiger partial charge >= 0.3 is 0 Å². The summed E-state index contributed by atoms with van der Waals surface area (Å²) >= 11 is 0. The lowest BCUT2D eigenvalue weighted by molar-refractivity contribution is -0.152. The predicted octanol–water partition coefficient (Wildman–Crippen LogP) is 3.11. The second-order valence-corrected chi connectivity index (χ2v) is 9.51. The first kappa shape index (κ1) is 18.1. The fraction of sp³-hybridized carbons (Fsp3) is 0.857. The largest absolute Gasteiger partial charge is 0.395 e. The number of nitrogens with zero attached hydrogens (tertiary/aromatic N) is 1. The van der Waals surface area contributed by atoms with Crippen LogP contribution in [-0.4, -0.2) is 30.4 Å². The molecule has 0 aromatic carbocycles. The Kier molecular flexibility index (Phi) is 4.49. The third-order valence-electron chi connectivity index (χ3n) is 8.41. The lowest BCUT2D eigenvalue weighted by Crippen LogP contribution is -2.56. The maximum atomic E-state index is 13.1. The summed E-state index contributed by atoms with van der Waals surface area (Å²) in [7, 11) is 0. The molecule has 0 saturated heterocycles. The molecule has 0 unspecified atom stereocenters. The first-order valence-corrected chi connectivity index (χ1v) is 10.3. The Morgan fingerprint density at radius 1 is 1.12 bits per heavy atom. The molecule has 0 radical (unpaired) electrons. The van der Waals surface area contributed by atoms with Crippen molar-refractivity contribution in [1.82, 2.24) is 0 Å². The maximum Gasteiger partial charge on any atom is 0.139 e. The van der Waals surface area contributed by atoms with Crippen molar-refractivity contribution >= 4 is 17.3 Å². The van der Waals surface area contributed by atoms with Crippen molar-refractivity contribution in [2.24, 2.45) is 45.4 Å². The number of hydrogen-bond donors (Lipinski definition) is 1. The molecule has 0 bridgehead atoms. The summed E-state index contributed by atoms with van der Waals surface area (Å²) in [6.45, 7) is 5.39. The summed E-state index contributed by atoms with van der Waals surface area (Å²) in [4.78, 5) is 30.9. The van der Waals surface area contributed by atoms with E-state index in [1.807, 2.05) is 0 Å². The van der Waals surface area contributed by atoms with Crippen LogP contribution in [0.3, 0.4) is 0 Å². The number of oxime groups is 1.